The third-order valence-electron chi connectivity index (χ3n) is 3.13. The first-order valence-corrected chi connectivity index (χ1v) is 6.47. The van der Waals surface area contributed by atoms with Gasteiger partial charge >= 0.3 is 0 Å². The number of hydrogen-bond acceptors (Lipinski definition) is 3. The molecule has 0 fully saturated rings. The molecule has 0 unspecified atom stereocenters. The van der Waals surface area contributed by atoms with Gasteiger partial charge in [0.05, 0.1) is 11.6 Å². The van der Waals surface area contributed by atoms with E-state index in [-0.39, 0.29) is 11.3 Å². The molecule has 4 nitrogen and oxygen atoms in total. The minimum absolute atomic E-state index is 0.0276. The summed E-state index contributed by atoms with van der Waals surface area (Å²) in [5, 5.41) is 11.6. The molecule has 0 spiro atoms. The van der Waals surface area contributed by atoms with E-state index >= 15 is 0 Å². The predicted molar refractivity (Wildman–Crippen MR) is 76.5 cm³/mol. The highest BCUT2D eigenvalue weighted by Crippen LogP contribution is 2.26. The number of anilines is 1. The van der Waals surface area contributed by atoms with Crippen LogP contribution in [0.4, 0.5) is 5.69 Å². The van der Waals surface area contributed by atoms with Crippen LogP contribution in [0.25, 0.3) is 0 Å². The molecule has 1 aromatic carbocycles. The van der Waals surface area contributed by atoms with Crippen LogP contribution >= 0.6 is 0 Å². The van der Waals surface area contributed by atoms with Gasteiger partial charge in [-0.25, -0.2) is 0 Å². The second-order valence-electron chi connectivity index (χ2n) is 5.44. The number of nitrogens with zero attached hydrogens (tertiary/aromatic N) is 1. The van der Waals surface area contributed by atoms with E-state index in [9.17, 15) is 4.79 Å². The van der Waals surface area contributed by atoms with E-state index in [1.165, 1.54) is 0 Å². The van der Waals surface area contributed by atoms with Crippen molar-refractivity contribution in [1.29, 1.82) is 5.26 Å². The summed E-state index contributed by atoms with van der Waals surface area (Å²) in [4.78, 5) is 11.8. The van der Waals surface area contributed by atoms with Gasteiger partial charge in [0, 0.05) is 12.1 Å². The fraction of sp³-hybridized carbons (Fsp3) is 0.467. The van der Waals surface area contributed by atoms with Gasteiger partial charge in [-0.15, -0.1) is 0 Å². The molecule has 3 N–H and O–H groups in total. The average Bonchev–Trinajstić information content (AvgIpc) is 2.37. The summed E-state index contributed by atoms with van der Waals surface area (Å²) in [5.41, 5.74) is 6.84. The lowest BCUT2D eigenvalue weighted by atomic mass is 9.84. The molecule has 4 heteroatoms. The Bertz CT molecular complexity index is 475. The van der Waals surface area contributed by atoms with Gasteiger partial charge in [-0.1, -0.05) is 19.9 Å². The van der Waals surface area contributed by atoms with E-state index in [1.54, 1.807) is 24.3 Å². The van der Waals surface area contributed by atoms with Crippen LogP contribution in [0.5, 0.6) is 0 Å². The molecule has 0 radical (unpaired) electrons. The first kappa shape index (κ1) is 15.2. The number of nitrogens with one attached hydrogen (secondary N) is 1. The Morgan fingerprint density at radius 2 is 2.16 bits per heavy atom. The summed E-state index contributed by atoms with van der Waals surface area (Å²) in [6.45, 7) is 4.87. The van der Waals surface area contributed by atoms with E-state index in [0.717, 1.165) is 12.8 Å². The van der Waals surface area contributed by atoms with Gasteiger partial charge in [-0.05, 0) is 43.0 Å². The highest BCUT2D eigenvalue weighted by Gasteiger charge is 2.18. The molecule has 0 aliphatic rings. The van der Waals surface area contributed by atoms with E-state index in [4.69, 9.17) is 11.0 Å². The zero-order valence-electron chi connectivity index (χ0n) is 11.6. The van der Waals surface area contributed by atoms with Gasteiger partial charge in [-0.2, -0.15) is 5.26 Å². The van der Waals surface area contributed by atoms with Crippen molar-refractivity contribution in [3.05, 3.63) is 29.8 Å². The predicted octanol–water partition coefficient (Wildman–Crippen LogP) is 2.65. The molecule has 0 atom stereocenters. The van der Waals surface area contributed by atoms with Crippen LogP contribution in [-0.2, 0) is 4.79 Å². The largest absolute Gasteiger partial charge is 0.330 e. The van der Waals surface area contributed by atoms with Crippen LogP contribution in [-0.4, -0.2) is 12.5 Å². The average molecular weight is 259 g/mol. The summed E-state index contributed by atoms with van der Waals surface area (Å²) in [6, 6.07) is 8.96. The minimum Gasteiger partial charge on any atom is -0.330 e. The standard InChI is InChI=1S/C15H21N3O/c1-15(2,8-9-16)7-6-14(19)18-13-5-3-4-12(10-13)11-17/h3-5,10H,6-9,16H2,1-2H3,(H,18,19). The van der Waals surface area contributed by atoms with Crippen molar-refractivity contribution in [3.63, 3.8) is 0 Å². The molecular weight excluding hydrogens is 238 g/mol. The highest BCUT2D eigenvalue weighted by atomic mass is 16.1. The van der Waals surface area contributed by atoms with Gasteiger partial charge in [0.25, 0.3) is 0 Å². The van der Waals surface area contributed by atoms with Crippen molar-refractivity contribution in [2.45, 2.75) is 33.1 Å². The molecule has 102 valence electrons. The quantitative estimate of drug-likeness (QED) is 0.824. The molecule has 1 rings (SSSR count). The molecule has 0 aliphatic carbocycles. The van der Waals surface area contributed by atoms with Crippen molar-refractivity contribution in [3.8, 4) is 6.07 Å². The number of amides is 1. The number of hydrogen-bond donors (Lipinski definition) is 2. The van der Waals surface area contributed by atoms with Crippen LogP contribution in [0.2, 0.25) is 0 Å². The molecule has 0 aromatic heterocycles. The first-order valence-electron chi connectivity index (χ1n) is 6.47. The van der Waals surface area contributed by atoms with E-state index in [1.807, 2.05) is 6.07 Å². The zero-order valence-corrected chi connectivity index (χ0v) is 11.6. The number of carbonyl (C=O) groups excluding carboxylic acids is 1. The molecule has 0 aliphatic heterocycles. The van der Waals surface area contributed by atoms with E-state index < -0.39 is 0 Å². The summed E-state index contributed by atoms with van der Waals surface area (Å²) in [6.07, 6.45) is 2.17. The van der Waals surface area contributed by atoms with Crippen LogP contribution < -0.4 is 11.1 Å². The fourth-order valence-corrected chi connectivity index (χ4v) is 1.86. The van der Waals surface area contributed by atoms with Gasteiger partial charge in [0.1, 0.15) is 0 Å². The number of benzene rings is 1. The Labute approximate surface area is 114 Å². The van der Waals surface area contributed by atoms with Crippen LogP contribution in [0, 0.1) is 16.7 Å². The maximum absolute atomic E-state index is 11.8. The Hall–Kier alpha value is -1.86. The maximum atomic E-state index is 11.8. The Kier molecular flexibility index (Phi) is 5.53. The number of carbonyl (C=O) groups is 1. The van der Waals surface area contributed by atoms with Crippen LogP contribution in [0.3, 0.4) is 0 Å². The maximum Gasteiger partial charge on any atom is 0.224 e. The van der Waals surface area contributed by atoms with Crippen molar-refractivity contribution in [2.24, 2.45) is 11.1 Å². The normalized spacial score (nSPS) is 10.8. The van der Waals surface area contributed by atoms with E-state index in [0.29, 0.717) is 24.2 Å². The number of nitrogens with two attached hydrogens (primary N) is 1. The van der Waals surface area contributed by atoms with Gasteiger partial charge in [-0.3, -0.25) is 4.79 Å². The second-order valence-corrected chi connectivity index (χ2v) is 5.44. The van der Waals surface area contributed by atoms with Crippen LogP contribution in [0.15, 0.2) is 24.3 Å². The molecule has 0 saturated heterocycles. The molecular formula is C15H21N3O. The monoisotopic (exact) mass is 259 g/mol. The molecule has 0 heterocycles. The van der Waals surface area contributed by atoms with Gasteiger partial charge in [0.15, 0.2) is 0 Å². The smallest absolute Gasteiger partial charge is 0.224 e. The molecule has 1 aromatic rings. The molecule has 0 saturated carbocycles. The number of rotatable bonds is 6. The Morgan fingerprint density at radius 3 is 2.79 bits per heavy atom. The van der Waals surface area contributed by atoms with Crippen molar-refractivity contribution < 1.29 is 4.79 Å². The Balaban J connectivity index is 2.49. The highest BCUT2D eigenvalue weighted by molar-refractivity contribution is 5.90. The fourth-order valence-electron chi connectivity index (χ4n) is 1.86. The van der Waals surface area contributed by atoms with Crippen molar-refractivity contribution in [2.75, 3.05) is 11.9 Å². The lowest BCUT2D eigenvalue weighted by Crippen LogP contribution is -2.20. The summed E-state index contributed by atoms with van der Waals surface area (Å²) >= 11 is 0. The number of nitriles is 1. The lowest BCUT2D eigenvalue weighted by Gasteiger charge is -2.23. The Morgan fingerprint density at radius 1 is 1.42 bits per heavy atom. The third-order valence-corrected chi connectivity index (χ3v) is 3.13. The van der Waals surface area contributed by atoms with Gasteiger partial charge < -0.3 is 11.1 Å². The summed E-state index contributed by atoms with van der Waals surface area (Å²) < 4.78 is 0. The molecule has 19 heavy (non-hydrogen) atoms. The summed E-state index contributed by atoms with van der Waals surface area (Å²) in [7, 11) is 0. The zero-order chi connectivity index (χ0) is 14.3. The van der Waals surface area contributed by atoms with Crippen molar-refractivity contribution in [1.82, 2.24) is 0 Å². The second kappa shape index (κ2) is 6.91. The van der Waals surface area contributed by atoms with Gasteiger partial charge in [0.2, 0.25) is 5.91 Å². The SMILES string of the molecule is CC(C)(CCN)CCC(=O)Nc1cccc(C#N)c1. The summed E-state index contributed by atoms with van der Waals surface area (Å²) in [5.74, 6) is -0.0276. The third kappa shape index (κ3) is 5.54. The first-order chi connectivity index (χ1) is 8.96. The van der Waals surface area contributed by atoms with Crippen molar-refractivity contribution >= 4 is 11.6 Å². The minimum atomic E-state index is -0.0276. The topological polar surface area (TPSA) is 78.9 Å². The molecule has 1 amide bonds. The molecule has 0 bridgehead atoms. The van der Waals surface area contributed by atoms with Crippen LogP contribution in [0.1, 0.15) is 38.7 Å². The lowest BCUT2D eigenvalue weighted by molar-refractivity contribution is -0.116. The van der Waals surface area contributed by atoms with E-state index in [2.05, 4.69) is 19.2 Å².